The predicted octanol–water partition coefficient (Wildman–Crippen LogP) is 3.22. The largest absolute Gasteiger partial charge is 0.481 e. The molecule has 0 spiro atoms. The SMILES string of the molecule is C#Cc1cnc2c(C)cc(OC(CC)C(=O)NC(C)(C)COC)cc2c1. The third kappa shape index (κ3) is 4.74. The number of carbonyl (C=O) groups excluding carboxylic acids is 1. The first-order valence-electron chi connectivity index (χ1n) is 8.64. The number of pyridine rings is 1. The maximum absolute atomic E-state index is 12.6. The smallest absolute Gasteiger partial charge is 0.261 e. The lowest BCUT2D eigenvalue weighted by Gasteiger charge is -2.28. The highest BCUT2D eigenvalue weighted by Crippen LogP contribution is 2.25. The van der Waals surface area contributed by atoms with Gasteiger partial charge in [0.1, 0.15) is 5.75 Å². The molecule has 0 aliphatic rings. The Morgan fingerprint density at radius 2 is 2.12 bits per heavy atom. The Labute approximate surface area is 155 Å². The van der Waals surface area contributed by atoms with Crippen molar-refractivity contribution in [2.45, 2.75) is 45.8 Å². The first-order valence-corrected chi connectivity index (χ1v) is 8.64. The number of rotatable bonds is 7. The summed E-state index contributed by atoms with van der Waals surface area (Å²) in [6.07, 6.45) is 7.09. The number of fused-ring (bicyclic) bond motifs is 1. The molecule has 1 atom stereocenters. The Balaban J connectivity index is 2.24. The van der Waals surface area contributed by atoms with E-state index in [1.807, 2.05) is 45.9 Å². The summed E-state index contributed by atoms with van der Waals surface area (Å²) < 4.78 is 11.1. The van der Waals surface area contributed by atoms with E-state index in [-0.39, 0.29) is 5.91 Å². The van der Waals surface area contributed by atoms with Crippen LogP contribution in [0.15, 0.2) is 24.4 Å². The highest BCUT2D eigenvalue weighted by atomic mass is 16.5. The summed E-state index contributed by atoms with van der Waals surface area (Å²) in [5, 5.41) is 3.86. The standard InChI is InChI=1S/C21H26N2O3/c1-7-15-10-16-11-17(9-14(3)19(16)22-12-15)26-18(8-2)20(24)23-21(4,5)13-25-6/h1,9-12,18H,8,13H2,2-6H3,(H,23,24). The molecule has 0 saturated carbocycles. The van der Waals surface area contributed by atoms with E-state index in [4.69, 9.17) is 15.9 Å². The number of aryl methyl sites for hydroxylation is 1. The lowest BCUT2D eigenvalue weighted by Crippen LogP contribution is -2.51. The van der Waals surface area contributed by atoms with Gasteiger partial charge in [-0.2, -0.15) is 0 Å². The van der Waals surface area contributed by atoms with Gasteiger partial charge in [0.25, 0.3) is 5.91 Å². The van der Waals surface area contributed by atoms with Crippen molar-refractivity contribution in [1.29, 1.82) is 0 Å². The van der Waals surface area contributed by atoms with Crippen molar-refractivity contribution in [3.63, 3.8) is 0 Å². The number of methoxy groups -OCH3 is 1. The summed E-state index contributed by atoms with van der Waals surface area (Å²) in [7, 11) is 1.61. The van der Waals surface area contributed by atoms with E-state index in [9.17, 15) is 4.79 Å². The van der Waals surface area contributed by atoms with E-state index in [0.717, 1.165) is 16.5 Å². The normalized spacial score (nSPS) is 12.5. The molecule has 0 bridgehead atoms. The second-order valence-corrected chi connectivity index (χ2v) is 7.00. The topological polar surface area (TPSA) is 60.5 Å². The molecule has 1 heterocycles. The number of hydrogen-bond acceptors (Lipinski definition) is 4. The van der Waals surface area contributed by atoms with Crippen LogP contribution >= 0.6 is 0 Å². The molecule has 1 N–H and O–H groups in total. The first-order chi connectivity index (χ1) is 12.3. The van der Waals surface area contributed by atoms with Crippen LogP contribution in [0.25, 0.3) is 10.9 Å². The van der Waals surface area contributed by atoms with Crippen LogP contribution in [0.2, 0.25) is 0 Å². The van der Waals surface area contributed by atoms with Crippen molar-refractivity contribution in [2.24, 2.45) is 0 Å². The van der Waals surface area contributed by atoms with Crippen LogP contribution in [0.4, 0.5) is 0 Å². The highest BCUT2D eigenvalue weighted by molar-refractivity contribution is 5.85. The molecule has 1 amide bonds. The molecule has 0 saturated heterocycles. The second kappa shape index (κ2) is 8.20. The van der Waals surface area contributed by atoms with Gasteiger partial charge in [-0.3, -0.25) is 9.78 Å². The van der Waals surface area contributed by atoms with Crippen molar-refractivity contribution in [3.8, 4) is 18.1 Å². The van der Waals surface area contributed by atoms with Crippen LogP contribution in [0, 0.1) is 19.3 Å². The van der Waals surface area contributed by atoms with Gasteiger partial charge in [0, 0.05) is 24.3 Å². The minimum absolute atomic E-state index is 0.164. The van der Waals surface area contributed by atoms with Crippen molar-refractivity contribution in [1.82, 2.24) is 10.3 Å². The van der Waals surface area contributed by atoms with Gasteiger partial charge in [-0.25, -0.2) is 0 Å². The lowest BCUT2D eigenvalue weighted by molar-refractivity contribution is -0.130. The van der Waals surface area contributed by atoms with E-state index >= 15 is 0 Å². The number of nitrogens with zero attached hydrogens (tertiary/aromatic N) is 1. The molecular formula is C21H26N2O3. The summed E-state index contributed by atoms with van der Waals surface area (Å²) in [4.78, 5) is 17.0. The zero-order valence-corrected chi connectivity index (χ0v) is 16.1. The number of hydrogen-bond donors (Lipinski definition) is 1. The van der Waals surface area contributed by atoms with E-state index < -0.39 is 11.6 Å². The number of benzene rings is 1. The van der Waals surface area contributed by atoms with E-state index in [2.05, 4.69) is 16.2 Å². The predicted molar refractivity (Wildman–Crippen MR) is 103 cm³/mol. The average Bonchev–Trinajstić information content (AvgIpc) is 2.58. The number of amides is 1. The number of aromatic nitrogens is 1. The molecule has 1 unspecified atom stereocenters. The van der Waals surface area contributed by atoms with Gasteiger partial charge < -0.3 is 14.8 Å². The fourth-order valence-corrected chi connectivity index (χ4v) is 2.84. The van der Waals surface area contributed by atoms with Crippen LogP contribution in [-0.2, 0) is 9.53 Å². The van der Waals surface area contributed by atoms with Crippen LogP contribution in [-0.4, -0.2) is 36.3 Å². The molecule has 1 aromatic heterocycles. The zero-order valence-electron chi connectivity index (χ0n) is 16.1. The zero-order chi connectivity index (χ0) is 19.3. The van der Waals surface area contributed by atoms with Crippen molar-refractivity contribution in [3.05, 3.63) is 35.5 Å². The Hall–Kier alpha value is -2.58. The lowest BCUT2D eigenvalue weighted by atomic mass is 10.1. The van der Waals surface area contributed by atoms with Crippen molar-refractivity contribution in [2.75, 3.05) is 13.7 Å². The van der Waals surface area contributed by atoms with Crippen molar-refractivity contribution < 1.29 is 14.3 Å². The number of ether oxygens (including phenoxy) is 2. The number of terminal acetylenes is 1. The van der Waals surface area contributed by atoms with Gasteiger partial charge in [0.15, 0.2) is 6.10 Å². The molecular weight excluding hydrogens is 328 g/mol. The van der Waals surface area contributed by atoms with Crippen molar-refractivity contribution >= 4 is 16.8 Å². The molecule has 0 radical (unpaired) electrons. The Morgan fingerprint density at radius 1 is 1.38 bits per heavy atom. The minimum atomic E-state index is -0.591. The van der Waals surface area contributed by atoms with Crippen LogP contribution in [0.3, 0.4) is 0 Å². The van der Waals surface area contributed by atoms with E-state index in [0.29, 0.717) is 24.3 Å². The van der Waals surface area contributed by atoms with Gasteiger partial charge in [0.2, 0.25) is 0 Å². The third-order valence-electron chi connectivity index (χ3n) is 4.02. The highest BCUT2D eigenvalue weighted by Gasteiger charge is 2.26. The summed E-state index contributed by atoms with van der Waals surface area (Å²) in [6.45, 7) is 8.12. The fraction of sp³-hybridized carbons (Fsp3) is 0.429. The molecule has 5 heteroatoms. The van der Waals surface area contributed by atoms with Crippen LogP contribution < -0.4 is 10.1 Å². The Kier molecular flexibility index (Phi) is 6.23. The third-order valence-corrected chi connectivity index (χ3v) is 4.02. The van der Waals surface area contributed by atoms with Crippen LogP contribution in [0.1, 0.15) is 38.3 Å². The molecule has 1 aromatic carbocycles. The Bertz CT molecular complexity index is 837. The van der Waals surface area contributed by atoms with E-state index in [1.165, 1.54) is 0 Å². The number of carbonyl (C=O) groups is 1. The second-order valence-electron chi connectivity index (χ2n) is 7.00. The fourth-order valence-electron chi connectivity index (χ4n) is 2.84. The van der Waals surface area contributed by atoms with E-state index in [1.54, 1.807) is 13.3 Å². The first kappa shape index (κ1) is 19.7. The van der Waals surface area contributed by atoms with Gasteiger partial charge in [0.05, 0.1) is 17.7 Å². The van der Waals surface area contributed by atoms with Crippen LogP contribution in [0.5, 0.6) is 5.75 Å². The molecule has 0 fully saturated rings. The molecule has 0 aliphatic heterocycles. The van der Waals surface area contributed by atoms with Gasteiger partial charge in [-0.05, 0) is 51.0 Å². The quantitative estimate of drug-likeness (QED) is 0.776. The average molecular weight is 354 g/mol. The maximum Gasteiger partial charge on any atom is 0.261 e. The van der Waals surface area contributed by atoms with Gasteiger partial charge in [-0.15, -0.1) is 6.42 Å². The van der Waals surface area contributed by atoms with Gasteiger partial charge >= 0.3 is 0 Å². The molecule has 2 aromatic rings. The monoisotopic (exact) mass is 354 g/mol. The molecule has 138 valence electrons. The molecule has 5 nitrogen and oxygen atoms in total. The summed E-state index contributed by atoms with van der Waals surface area (Å²) in [6, 6.07) is 5.65. The number of nitrogens with one attached hydrogen (secondary N) is 1. The van der Waals surface area contributed by atoms with Gasteiger partial charge in [-0.1, -0.05) is 12.8 Å². The summed E-state index contributed by atoms with van der Waals surface area (Å²) >= 11 is 0. The Morgan fingerprint density at radius 3 is 2.73 bits per heavy atom. The summed E-state index contributed by atoms with van der Waals surface area (Å²) in [5.74, 6) is 3.05. The molecule has 0 aliphatic carbocycles. The maximum atomic E-state index is 12.6. The molecule has 26 heavy (non-hydrogen) atoms. The summed E-state index contributed by atoms with van der Waals surface area (Å²) in [5.41, 5.74) is 2.08. The molecule has 2 rings (SSSR count). The minimum Gasteiger partial charge on any atom is -0.481 e.